The summed E-state index contributed by atoms with van der Waals surface area (Å²) in [6, 6.07) is 5.35. The highest BCUT2D eigenvalue weighted by molar-refractivity contribution is 7.92. The van der Waals surface area contributed by atoms with Gasteiger partial charge in [0.2, 0.25) is 9.84 Å². The van der Waals surface area contributed by atoms with Crippen LogP contribution in [-0.2, 0) is 14.6 Å². The van der Waals surface area contributed by atoms with E-state index in [1.165, 1.54) is 0 Å². The summed E-state index contributed by atoms with van der Waals surface area (Å²) in [7, 11) is -3.50. The number of pyridine rings is 1. The van der Waals surface area contributed by atoms with Gasteiger partial charge in [0.25, 0.3) is 0 Å². The highest BCUT2D eigenvalue weighted by Gasteiger charge is 2.43. The number of hydrogen-bond acceptors (Lipinski definition) is 7. The molecule has 2 atom stereocenters. The van der Waals surface area contributed by atoms with Crippen LogP contribution in [0.2, 0.25) is 0 Å². The number of fused-ring (bicyclic) bond motifs is 1. The quantitative estimate of drug-likeness (QED) is 0.826. The van der Waals surface area contributed by atoms with Crippen molar-refractivity contribution in [3.8, 4) is 0 Å². The summed E-state index contributed by atoms with van der Waals surface area (Å²) in [6.07, 6.45) is 2.00. The van der Waals surface area contributed by atoms with Gasteiger partial charge in [-0.15, -0.1) is 0 Å². The number of rotatable bonds is 3. The maximum atomic E-state index is 13.2. The van der Waals surface area contributed by atoms with Crippen molar-refractivity contribution >= 4 is 15.7 Å². The molecule has 7 nitrogen and oxygen atoms in total. The highest BCUT2D eigenvalue weighted by atomic mass is 32.2. The van der Waals surface area contributed by atoms with Gasteiger partial charge in [0, 0.05) is 32.2 Å². The summed E-state index contributed by atoms with van der Waals surface area (Å²) in [4.78, 5) is 8.86. The largest absolute Gasteiger partial charge is 0.378 e. The Labute approximate surface area is 142 Å². The highest BCUT2D eigenvalue weighted by Crippen LogP contribution is 2.28. The molecule has 4 heterocycles. The minimum atomic E-state index is -3.50. The zero-order valence-electron chi connectivity index (χ0n) is 13.7. The van der Waals surface area contributed by atoms with Crippen molar-refractivity contribution in [2.75, 3.05) is 50.8 Å². The number of anilines is 1. The Kier molecular flexibility index (Phi) is 4.46. The van der Waals surface area contributed by atoms with Gasteiger partial charge in [-0.2, -0.15) is 0 Å². The topological polar surface area (TPSA) is 74.8 Å². The van der Waals surface area contributed by atoms with E-state index in [-0.39, 0.29) is 11.1 Å². The van der Waals surface area contributed by atoms with E-state index < -0.39 is 15.2 Å². The molecule has 24 heavy (non-hydrogen) atoms. The molecule has 0 amide bonds. The molecule has 4 rings (SSSR count). The molecule has 0 aliphatic carbocycles. The molecule has 3 aliphatic rings. The molecule has 0 radical (unpaired) electrons. The Balaban J connectivity index is 1.62. The number of nitrogens with zero attached hydrogens (tertiary/aromatic N) is 3. The van der Waals surface area contributed by atoms with Gasteiger partial charge in [-0.25, -0.2) is 13.4 Å². The van der Waals surface area contributed by atoms with Crippen molar-refractivity contribution in [2.45, 2.75) is 29.3 Å². The van der Waals surface area contributed by atoms with E-state index in [1.807, 2.05) is 6.07 Å². The maximum absolute atomic E-state index is 13.2. The van der Waals surface area contributed by atoms with Crippen LogP contribution in [0.25, 0.3) is 0 Å². The lowest BCUT2D eigenvalue weighted by Crippen LogP contribution is -2.58. The average molecular weight is 352 g/mol. The molecular weight excluding hydrogens is 328 g/mol. The minimum Gasteiger partial charge on any atom is -0.378 e. The van der Waals surface area contributed by atoms with Gasteiger partial charge >= 0.3 is 0 Å². The fraction of sp³-hybridized carbons (Fsp3) is 0.688. The predicted octanol–water partition coefficient (Wildman–Crippen LogP) is 0.0856. The number of aromatic nitrogens is 1. The fourth-order valence-electron chi connectivity index (χ4n) is 3.94. The normalized spacial score (nSPS) is 28.8. The van der Waals surface area contributed by atoms with Crippen LogP contribution in [0, 0.1) is 0 Å². The lowest BCUT2D eigenvalue weighted by atomic mass is 10.2. The molecule has 3 fully saturated rings. The van der Waals surface area contributed by atoms with Crippen LogP contribution in [0.3, 0.4) is 0 Å². The number of hydrogen-bond donors (Lipinski definition) is 1. The number of sulfone groups is 1. The van der Waals surface area contributed by atoms with Gasteiger partial charge in [0.05, 0.1) is 13.2 Å². The zero-order chi connectivity index (χ0) is 16.6. The van der Waals surface area contributed by atoms with Crippen LogP contribution in [0.5, 0.6) is 0 Å². The second-order valence-corrected chi connectivity index (χ2v) is 8.61. The van der Waals surface area contributed by atoms with E-state index in [0.29, 0.717) is 19.8 Å². The zero-order valence-corrected chi connectivity index (χ0v) is 14.5. The van der Waals surface area contributed by atoms with Crippen molar-refractivity contribution in [3.63, 3.8) is 0 Å². The standard InChI is InChI=1S/C16H24N4O3S/c21-24(22,16-13-3-2-7-19(13)8-6-17-16)15-5-1-4-14(18-15)20-9-11-23-12-10-20/h1,4-5,13,16-17H,2-3,6-12H2. The summed E-state index contributed by atoms with van der Waals surface area (Å²) in [5.74, 6) is 0.721. The lowest BCUT2D eigenvalue weighted by Gasteiger charge is -2.36. The lowest BCUT2D eigenvalue weighted by molar-refractivity contribution is 0.122. The third-order valence-corrected chi connectivity index (χ3v) is 7.14. The molecule has 3 aliphatic heterocycles. The Morgan fingerprint density at radius 3 is 2.83 bits per heavy atom. The number of piperazine rings is 1. The second kappa shape index (κ2) is 6.59. The van der Waals surface area contributed by atoms with Crippen molar-refractivity contribution < 1.29 is 13.2 Å². The van der Waals surface area contributed by atoms with Crippen molar-refractivity contribution in [1.82, 2.24) is 15.2 Å². The van der Waals surface area contributed by atoms with Crippen LogP contribution in [0.4, 0.5) is 5.82 Å². The smallest absolute Gasteiger partial charge is 0.213 e. The molecule has 2 unspecified atom stereocenters. The molecule has 3 saturated heterocycles. The summed E-state index contributed by atoms with van der Waals surface area (Å²) in [6.45, 7) is 5.43. The third kappa shape index (κ3) is 2.92. The monoisotopic (exact) mass is 352 g/mol. The van der Waals surface area contributed by atoms with E-state index in [1.54, 1.807) is 12.1 Å². The second-order valence-electron chi connectivity index (χ2n) is 6.60. The van der Waals surface area contributed by atoms with Gasteiger partial charge in [-0.05, 0) is 31.5 Å². The van der Waals surface area contributed by atoms with Crippen LogP contribution in [0.1, 0.15) is 12.8 Å². The van der Waals surface area contributed by atoms with E-state index in [9.17, 15) is 8.42 Å². The predicted molar refractivity (Wildman–Crippen MR) is 90.8 cm³/mol. The van der Waals surface area contributed by atoms with E-state index in [4.69, 9.17) is 4.74 Å². The van der Waals surface area contributed by atoms with Crippen molar-refractivity contribution in [1.29, 1.82) is 0 Å². The first-order valence-corrected chi connectivity index (χ1v) is 10.2. The molecule has 1 aromatic rings. The van der Waals surface area contributed by atoms with Crippen LogP contribution in [-0.4, -0.2) is 75.7 Å². The molecule has 0 spiro atoms. The van der Waals surface area contributed by atoms with Crippen molar-refractivity contribution in [2.24, 2.45) is 0 Å². The van der Waals surface area contributed by atoms with Crippen molar-refractivity contribution in [3.05, 3.63) is 18.2 Å². The maximum Gasteiger partial charge on any atom is 0.213 e. The summed E-state index contributed by atoms with van der Waals surface area (Å²) >= 11 is 0. The first-order valence-electron chi connectivity index (χ1n) is 8.67. The average Bonchev–Trinajstić information content (AvgIpc) is 3.11. The van der Waals surface area contributed by atoms with E-state index in [2.05, 4.69) is 20.1 Å². The summed E-state index contributed by atoms with van der Waals surface area (Å²) in [5, 5.41) is 2.85. The van der Waals surface area contributed by atoms with Crippen LogP contribution in [0.15, 0.2) is 23.2 Å². The molecule has 132 valence electrons. The first kappa shape index (κ1) is 16.3. The van der Waals surface area contributed by atoms with Gasteiger partial charge in [0.15, 0.2) is 5.03 Å². The molecule has 0 saturated carbocycles. The Hall–Kier alpha value is -1.22. The van der Waals surface area contributed by atoms with E-state index in [0.717, 1.165) is 44.8 Å². The molecule has 1 N–H and O–H groups in total. The van der Waals surface area contributed by atoms with Crippen LogP contribution < -0.4 is 10.2 Å². The third-order valence-electron chi connectivity index (χ3n) is 5.18. The molecule has 0 bridgehead atoms. The minimum absolute atomic E-state index is 0.0672. The van der Waals surface area contributed by atoms with Gasteiger partial charge in [0.1, 0.15) is 11.2 Å². The Bertz CT molecular complexity index is 690. The van der Waals surface area contributed by atoms with Crippen LogP contribution >= 0.6 is 0 Å². The molecule has 8 heteroatoms. The van der Waals surface area contributed by atoms with Gasteiger partial charge in [-0.1, -0.05) is 6.07 Å². The SMILES string of the molecule is O=S(=O)(c1cccc(N2CCOCC2)n1)C1NCCN2CCCC12. The van der Waals surface area contributed by atoms with E-state index >= 15 is 0 Å². The van der Waals surface area contributed by atoms with Gasteiger partial charge < -0.3 is 9.64 Å². The number of morpholine rings is 1. The fourth-order valence-corrected chi connectivity index (χ4v) is 5.74. The molecular formula is C16H24N4O3S. The molecule has 1 aromatic heterocycles. The summed E-state index contributed by atoms with van der Waals surface area (Å²) < 4.78 is 31.7. The summed E-state index contributed by atoms with van der Waals surface area (Å²) in [5.41, 5.74) is 0. The Morgan fingerprint density at radius 2 is 2.00 bits per heavy atom. The molecule has 0 aromatic carbocycles. The van der Waals surface area contributed by atoms with Gasteiger partial charge in [-0.3, -0.25) is 10.2 Å². The number of nitrogens with one attached hydrogen (secondary N) is 1. The Morgan fingerprint density at radius 1 is 1.17 bits per heavy atom. The first-order chi connectivity index (χ1) is 11.7. The number of ether oxygens (including phenoxy) is 1.